The molecule has 1 heterocycles. The molecule has 21 heavy (non-hydrogen) atoms. The molecule has 2 amide bonds. The van der Waals surface area contributed by atoms with Crippen molar-refractivity contribution in [2.24, 2.45) is 0 Å². The second-order valence-corrected chi connectivity index (χ2v) is 5.86. The Hall–Kier alpha value is -2.14. The van der Waals surface area contributed by atoms with Gasteiger partial charge in [-0.05, 0) is 49.4 Å². The maximum atomic E-state index is 12.2. The minimum absolute atomic E-state index is 0.228. The van der Waals surface area contributed by atoms with Crippen LogP contribution in [0.5, 0.6) is 0 Å². The van der Waals surface area contributed by atoms with Gasteiger partial charge in [-0.25, -0.2) is 0 Å². The first-order chi connectivity index (χ1) is 9.99. The average molecular weight is 302 g/mol. The molecule has 5 heteroatoms. The van der Waals surface area contributed by atoms with Crippen LogP contribution in [0.15, 0.2) is 35.7 Å². The van der Waals surface area contributed by atoms with E-state index in [9.17, 15) is 9.59 Å². The minimum atomic E-state index is -0.598. The van der Waals surface area contributed by atoms with E-state index in [4.69, 9.17) is 0 Å². The molecule has 4 nitrogen and oxygen atoms in total. The Morgan fingerprint density at radius 2 is 1.90 bits per heavy atom. The van der Waals surface area contributed by atoms with E-state index in [-0.39, 0.29) is 11.8 Å². The third-order valence-electron chi connectivity index (χ3n) is 3.35. The van der Waals surface area contributed by atoms with Gasteiger partial charge in [0.25, 0.3) is 5.91 Å². The van der Waals surface area contributed by atoms with Crippen LogP contribution in [0.2, 0.25) is 0 Å². The topological polar surface area (TPSA) is 58.2 Å². The number of carbonyl (C=O) groups excluding carboxylic acids is 2. The molecule has 0 aliphatic heterocycles. The highest BCUT2D eigenvalue weighted by Gasteiger charge is 2.17. The predicted octanol–water partition coefficient (Wildman–Crippen LogP) is 3.12. The second kappa shape index (κ2) is 6.54. The molecule has 110 valence electrons. The first-order valence-electron chi connectivity index (χ1n) is 6.70. The Labute approximate surface area is 128 Å². The molecular formula is C16H18N2O2S. The monoisotopic (exact) mass is 302 g/mol. The van der Waals surface area contributed by atoms with Gasteiger partial charge in [-0.3, -0.25) is 9.59 Å². The van der Waals surface area contributed by atoms with Gasteiger partial charge in [0, 0.05) is 5.69 Å². The summed E-state index contributed by atoms with van der Waals surface area (Å²) in [5, 5.41) is 7.38. The first-order valence-corrected chi connectivity index (χ1v) is 7.58. The average Bonchev–Trinajstić information content (AvgIpc) is 2.98. The number of hydrogen-bond acceptors (Lipinski definition) is 3. The fraction of sp³-hybridized carbons (Fsp3) is 0.250. The largest absolute Gasteiger partial charge is 0.340 e. The molecule has 2 rings (SSSR count). The second-order valence-electron chi connectivity index (χ2n) is 4.91. The van der Waals surface area contributed by atoms with E-state index in [1.54, 1.807) is 19.1 Å². The van der Waals surface area contributed by atoms with Crippen LogP contribution in [0, 0.1) is 13.8 Å². The number of rotatable bonds is 4. The van der Waals surface area contributed by atoms with Crippen molar-refractivity contribution in [1.82, 2.24) is 5.32 Å². The molecule has 2 N–H and O–H groups in total. The number of carbonyl (C=O) groups is 2. The fourth-order valence-corrected chi connectivity index (χ4v) is 2.50. The summed E-state index contributed by atoms with van der Waals surface area (Å²) in [6, 6.07) is 8.68. The number of aryl methyl sites for hydroxylation is 1. The zero-order chi connectivity index (χ0) is 15.4. The quantitative estimate of drug-likeness (QED) is 0.911. The van der Waals surface area contributed by atoms with Crippen molar-refractivity contribution < 1.29 is 9.59 Å². The van der Waals surface area contributed by atoms with Gasteiger partial charge in [0.1, 0.15) is 6.04 Å². The van der Waals surface area contributed by atoms with Gasteiger partial charge in [0.05, 0.1) is 4.88 Å². The zero-order valence-corrected chi connectivity index (χ0v) is 13.1. The lowest BCUT2D eigenvalue weighted by Crippen LogP contribution is -2.41. The highest BCUT2D eigenvalue weighted by atomic mass is 32.1. The van der Waals surface area contributed by atoms with Gasteiger partial charge in [-0.15, -0.1) is 11.3 Å². The summed E-state index contributed by atoms with van der Waals surface area (Å²) < 4.78 is 0. The van der Waals surface area contributed by atoms with Crippen molar-refractivity contribution in [1.29, 1.82) is 0 Å². The molecule has 0 radical (unpaired) electrons. The third-order valence-corrected chi connectivity index (χ3v) is 4.22. The van der Waals surface area contributed by atoms with Crippen molar-refractivity contribution in [3.8, 4) is 0 Å². The molecule has 0 spiro atoms. The van der Waals surface area contributed by atoms with Gasteiger partial charge in [-0.1, -0.05) is 18.2 Å². The molecule has 0 aliphatic carbocycles. The minimum Gasteiger partial charge on any atom is -0.340 e. The molecule has 1 aromatic heterocycles. The van der Waals surface area contributed by atoms with Crippen LogP contribution in [-0.4, -0.2) is 17.9 Å². The lowest BCUT2D eigenvalue weighted by atomic mass is 10.1. The number of hydrogen-bond donors (Lipinski definition) is 2. The number of benzene rings is 1. The predicted molar refractivity (Wildman–Crippen MR) is 85.8 cm³/mol. The Morgan fingerprint density at radius 1 is 1.14 bits per heavy atom. The molecule has 0 aliphatic rings. The maximum absolute atomic E-state index is 12.2. The Bertz CT molecular complexity index is 650. The Kier molecular flexibility index (Phi) is 4.75. The Balaban J connectivity index is 2.00. The van der Waals surface area contributed by atoms with E-state index in [1.807, 2.05) is 37.4 Å². The molecule has 0 saturated carbocycles. The SMILES string of the molecule is Cc1cccc(NC(=O)C(C)NC(=O)c2cccs2)c1C. The summed E-state index contributed by atoms with van der Waals surface area (Å²) in [5.74, 6) is -0.456. The molecule has 0 bridgehead atoms. The highest BCUT2D eigenvalue weighted by Crippen LogP contribution is 2.18. The van der Waals surface area contributed by atoms with Crippen LogP contribution in [0.3, 0.4) is 0 Å². The summed E-state index contributed by atoms with van der Waals surface area (Å²) >= 11 is 1.35. The smallest absolute Gasteiger partial charge is 0.261 e. The summed E-state index contributed by atoms with van der Waals surface area (Å²) in [7, 11) is 0. The fourth-order valence-electron chi connectivity index (χ4n) is 1.87. The number of nitrogens with one attached hydrogen (secondary N) is 2. The molecule has 0 saturated heterocycles. The van der Waals surface area contributed by atoms with Gasteiger partial charge < -0.3 is 10.6 Å². The van der Waals surface area contributed by atoms with Crippen LogP contribution in [0.25, 0.3) is 0 Å². The normalized spacial score (nSPS) is 11.8. The molecule has 1 aromatic carbocycles. The highest BCUT2D eigenvalue weighted by molar-refractivity contribution is 7.12. The van der Waals surface area contributed by atoms with Crippen molar-refractivity contribution in [3.05, 3.63) is 51.7 Å². The van der Waals surface area contributed by atoms with E-state index in [0.717, 1.165) is 16.8 Å². The van der Waals surface area contributed by atoms with Crippen molar-refractivity contribution >= 4 is 28.8 Å². The molecule has 0 fully saturated rings. The van der Waals surface area contributed by atoms with Gasteiger partial charge in [-0.2, -0.15) is 0 Å². The summed E-state index contributed by atoms with van der Waals surface area (Å²) in [5.41, 5.74) is 2.92. The van der Waals surface area contributed by atoms with Crippen molar-refractivity contribution in [3.63, 3.8) is 0 Å². The number of thiophene rings is 1. The van der Waals surface area contributed by atoms with Crippen molar-refractivity contribution in [2.45, 2.75) is 26.8 Å². The van der Waals surface area contributed by atoms with Crippen LogP contribution < -0.4 is 10.6 Å². The van der Waals surface area contributed by atoms with E-state index < -0.39 is 6.04 Å². The molecule has 1 unspecified atom stereocenters. The van der Waals surface area contributed by atoms with Crippen LogP contribution in [0.1, 0.15) is 27.7 Å². The van der Waals surface area contributed by atoms with E-state index in [2.05, 4.69) is 10.6 Å². The maximum Gasteiger partial charge on any atom is 0.261 e. The summed E-state index contributed by atoms with van der Waals surface area (Å²) in [4.78, 5) is 24.7. The molecular weight excluding hydrogens is 284 g/mol. The van der Waals surface area contributed by atoms with E-state index >= 15 is 0 Å². The summed E-state index contributed by atoms with van der Waals surface area (Å²) in [6.07, 6.45) is 0. The van der Waals surface area contributed by atoms with Crippen LogP contribution in [-0.2, 0) is 4.79 Å². The van der Waals surface area contributed by atoms with Gasteiger partial charge >= 0.3 is 0 Å². The van der Waals surface area contributed by atoms with E-state index in [0.29, 0.717) is 4.88 Å². The Morgan fingerprint density at radius 3 is 2.57 bits per heavy atom. The summed E-state index contributed by atoms with van der Waals surface area (Å²) in [6.45, 7) is 5.62. The van der Waals surface area contributed by atoms with Crippen molar-refractivity contribution in [2.75, 3.05) is 5.32 Å². The van der Waals surface area contributed by atoms with Crippen LogP contribution in [0.4, 0.5) is 5.69 Å². The third kappa shape index (κ3) is 3.70. The number of anilines is 1. The number of amides is 2. The zero-order valence-electron chi connectivity index (χ0n) is 12.3. The molecule has 2 aromatic rings. The van der Waals surface area contributed by atoms with Gasteiger partial charge in [0.2, 0.25) is 5.91 Å². The lowest BCUT2D eigenvalue weighted by Gasteiger charge is -2.15. The molecule has 1 atom stereocenters. The van der Waals surface area contributed by atoms with Crippen LogP contribution >= 0.6 is 11.3 Å². The standard InChI is InChI=1S/C16H18N2O2S/c1-10-6-4-7-13(11(10)2)18-15(19)12(3)17-16(20)14-8-5-9-21-14/h4-9,12H,1-3H3,(H,17,20)(H,18,19). The first kappa shape index (κ1) is 15.3. The van der Waals surface area contributed by atoms with Gasteiger partial charge in [0.15, 0.2) is 0 Å². The van der Waals surface area contributed by atoms with E-state index in [1.165, 1.54) is 11.3 Å². The lowest BCUT2D eigenvalue weighted by molar-refractivity contribution is -0.117.